The Kier molecular flexibility index (Phi) is 5.49. The number of allylic oxidation sites excluding steroid dienone is 2. The third-order valence-electron chi connectivity index (χ3n) is 17.7. The number of carboxylic acids is 1. The van der Waals surface area contributed by atoms with Crippen molar-refractivity contribution in [1.82, 2.24) is 0 Å². The van der Waals surface area contributed by atoms with Crippen LogP contribution in [0.3, 0.4) is 0 Å². The van der Waals surface area contributed by atoms with Gasteiger partial charge in [-0.05, 0) is 123 Å². The van der Waals surface area contributed by atoms with Crippen molar-refractivity contribution in [3.05, 3.63) is 12.2 Å². The van der Waals surface area contributed by atoms with Crippen molar-refractivity contribution in [2.45, 2.75) is 130 Å². The first-order valence-corrected chi connectivity index (χ1v) is 17.6. The average Bonchev–Trinajstić information content (AvgIpc) is 3.14. The molecule has 4 bridgehead atoms. The molecule has 7 aliphatic carbocycles. The minimum absolute atomic E-state index is 0.000785. The predicted molar refractivity (Wildman–Crippen MR) is 161 cm³/mol. The Hall–Kier alpha value is -0.910. The van der Waals surface area contributed by atoms with Crippen molar-refractivity contribution < 1.29 is 24.9 Å². The van der Waals surface area contributed by atoms with Crippen molar-refractivity contribution >= 4 is 5.97 Å². The summed E-state index contributed by atoms with van der Waals surface area (Å²) >= 11 is 0. The third kappa shape index (κ3) is 2.66. The minimum atomic E-state index is -1.08. The van der Waals surface area contributed by atoms with Gasteiger partial charge < -0.3 is 20.1 Å². The monoisotopic (exact) mass is 580 g/mol. The van der Waals surface area contributed by atoms with Crippen molar-refractivity contribution in [3.63, 3.8) is 0 Å². The molecule has 2 spiro atoms. The summed E-state index contributed by atoms with van der Waals surface area (Å²) in [6, 6.07) is 0. The van der Waals surface area contributed by atoms with Crippen molar-refractivity contribution in [2.24, 2.45) is 67.0 Å². The normalized spacial score (nSPS) is 62.1. The van der Waals surface area contributed by atoms with Crippen LogP contribution in [0, 0.1) is 67.0 Å². The second kappa shape index (κ2) is 8.08. The molecule has 8 rings (SSSR count). The van der Waals surface area contributed by atoms with Gasteiger partial charge >= 0.3 is 5.97 Å². The van der Waals surface area contributed by atoms with Gasteiger partial charge in [0.15, 0.2) is 5.79 Å². The van der Waals surface area contributed by atoms with E-state index in [4.69, 9.17) is 4.74 Å². The first-order valence-electron chi connectivity index (χ1n) is 17.6. The number of hydrogen-bond donors (Lipinski definition) is 3. The van der Waals surface area contributed by atoms with Crippen molar-refractivity contribution in [2.75, 3.05) is 13.2 Å². The van der Waals surface area contributed by atoms with Crippen LogP contribution in [0.4, 0.5) is 0 Å². The number of carbonyl (C=O) groups is 1. The van der Waals surface area contributed by atoms with Gasteiger partial charge in [-0.25, -0.2) is 0 Å². The molecule has 0 aromatic heterocycles. The summed E-state index contributed by atoms with van der Waals surface area (Å²) in [5.41, 5.74) is -0.947. The molecule has 0 aromatic carbocycles. The van der Waals surface area contributed by atoms with Gasteiger partial charge in [-0.2, -0.15) is 0 Å². The molecule has 0 aromatic rings. The molecular formula is C37H56O5. The summed E-state index contributed by atoms with van der Waals surface area (Å²) in [5.74, 6) is -0.194. The highest BCUT2D eigenvalue weighted by atomic mass is 16.6. The topological polar surface area (TPSA) is 87.0 Å². The lowest BCUT2D eigenvalue weighted by Crippen LogP contribution is -2.82. The standard InChI is InChI=1S/C37H56O5/c1-6-8-26-34-14-10-25-31(4)18-17-29(2)15-16-30(3,28(39)40)20-27(29)32(31,5)19-24-9-13-33(21-36(26,41)42-23-34)11-7-12-35(24,25)37(33,34)22-38/h7,11,24-27,38,41H,6,8-10,12-23H2,1-5H3,(H,39,40). The number of ether oxygens (including phenoxy) is 1. The molecule has 6 saturated carbocycles. The Morgan fingerprint density at radius 1 is 0.952 bits per heavy atom. The molecule has 42 heavy (non-hydrogen) atoms. The molecule has 0 amide bonds. The summed E-state index contributed by atoms with van der Waals surface area (Å²) < 4.78 is 6.58. The van der Waals surface area contributed by atoms with Gasteiger partial charge in [0.1, 0.15) is 0 Å². The Morgan fingerprint density at radius 3 is 2.43 bits per heavy atom. The summed E-state index contributed by atoms with van der Waals surface area (Å²) in [7, 11) is 0. The largest absolute Gasteiger partial charge is 0.481 e. The van der Waals surface area contributed by atoms with E-state index >= 15 is 0 Å². The number of aliphatic carboxylic acids is 1. The van der Waals surface area contributed by atoms with Crippen LogP contribution >= 0.6 is 0 Å². The molecule has 13 unspecified atom stereocenters. The van der Waals surface area contributed by atoms with E-state index in [1.54, 1.807) is 0 Å². The maximum absolute atomic E-state index is 12.6. The molecule has 5 heteroatoms. The zero-order chi connectivity index (χ0) is 29.8. The zero-order valence-electron chi connectivity index (χ0n) is 26.9. The number of aliphatic hydroxyl groups is 2. The first kappa shape index (κ1) is 28.6. The first-order chi connectivity index (χ1) is 19.7. The van der Waals surface area contributed by atoms with Crippen molar-refractivity contribution in [3.8, 4) is 0 Å². The maximum atomic E-state index is 12.6. The highest BCUT2D eigenvalue weighted by molar-refractivity contribution is 5.74. The van der Waals surface area contributed by atoms with E-state index in [-0.39, 0.29) is 50.4 Å². The molecule has 1 heterocycles. The lowest BCUT2D eigenvalue weighted by Gasteiger charge is -2.84. The number of aliphatic hydroxyl groups excluding tert-OH is 1. The molecule has 13 atom stereocenters. The summed E-state index contributed by atoms with van der Waals surface area (Å²) in [6.07, 6.45) is 19.2. The fourth-order valence-corrected chi connectivity index (χ4v) is 15.9. The van der Waals surface area contributed by atoms with Gasteiger partial charge in [-0.15, -0.1) is 0 Å². The fraction of sp³-hybridized carbons (Fsp3) is 0.919. The second-order valence-corrected chi connectivity index (χ2v) is 18.3. The Bertz CT molecular complexity index is 1250. The van der Waals surface area contributed by atoms with Crippen LogP contribution in [0.2, 0.25) is 0 Å². The predicted octanol–water partition coefficient (Wildman–Crippen LogP) is 7.35. The Labute approximate surface area is 253 Å². The second-order valence-electron chi connectivity index (χ2n) is 18.3. The van der Waals surface area contributed by atoms with E-state index in [9.17, 15) is 20.1 Å². The van der Waals surface area contributed by atoms with E-state index in [2.05, 4.69) is 39.8 Å². The van der Waals surface area contributed by atoms with E-state index in [0.717, 1.165) is 70.6 Å². The van der Waals surface area contributed by atoms with E-state index in [1.807, 2.05) is 6.92 Å². The molecule has 1 saturated heterocycles. The molecule has 7 fully saturated rings. The molecule has 0 radical (unpaired) electrons. The molecule has 5 nitrogen and oxygen atoms in total. The zero-order valence-corrected chi connectivity index (χ0v) is 26.9. The van der Waals surface area contributed by atoms with Gasteiger partial charge in [0.2, 0.25) is 0 Å². The maximum Gasteiger partial charge on any atom is 0.309 e. The highest BCUT2D eigenvalue weighted by Gasteiger charge is 2.88. The van der Waals surface area contributed by atoms with Gasteiger partial charge in [0, 0.05) is 28.6 Å². The van der Waals surface area contributed by atoms with E-state index < -0.39 is 17.2 Å². The highest BCUT2D eigenvalue weighted by Crippen LogP contribution is 2.90. The number of rotatable bonds is 4. The van der Waals surface area contributed by atoms with Gasteiger partial charge in [0.25, 0.3) is 0 Å². The van der Waals surface area contributed by atoms with Crippen molar-refractivity contribution in [1.29, 1.82) is 0 Å². The molecule has 1 aliphatic heterocycles. The number of hydrogen-bond acceptors (Lipinski definition) is 4. The van der Waals surface area contributed by atoms with Crippen LogP contribution in [0.5, 0.6) is 0 Å². The smallest absolute Gasteiger partial charge is 0.309 e. The van der Waals surface area contributed by atoms with Crippen LogP contribution in [0.1, 0.15) is 125 Å². The summed E-state index contributed by atoms with van der Waals surface area (Å²) in [6.45, 7) is 12.8. The quantitative estimate of drug-likeness (QED) is 0.303. The van der Waals surface area contributed by atoms with E-state index in [0.29, 0.717) is 30.8 Å². The minimum Gasteiger partial charge on any atom is -0.481 e. The van der Waals surface area contributed by atoms with Gasteiger partial charge in [0.05, 0.1) is 18.6 Å². The Balaban J connectivity index is 1.33. The van der Waals surface area contributed by atoms with Gasteiger partial charge in [-0.1, -0.05) is 46.3 Å². The molecule has 8 aliphatic rings. The van der Waals surface area contributed by atoms with Crippen LogP contribution in [0.15, 0.2) is 12.2 Å². The third-order valence-corrected chi connectivity index (χ3v) is 17.7. The number of carboxylic acid groups (broad SMARTS) is 1. The molecule has 3 N–H and O–H groups in total. The SMILES string of the molecule is CCCC1C2(O)CC34C=CCC56C(CC3)CC3(C)C7CC(C)(C(=O)O)CCC7(C)CCC3(C)C5CCC1(CO2)C46CO. The average molecular weight is 581 g/mol. The molecule has 234 valence electrons. The number of fused-ring (bicyclic) bond motifs is 5. The van der Waals surface area contributed by atoms with Crippen LogP contribution < -0.4 is 0 Å². The van der Waals surface area contributed by atoms with Crippen LogP contribution in [-0.4, -0.2) is 40.3 Å². The summed E-state index contributed by atoms with van der Waals surface area (Å²) in [4.78, 5) is 12.6. The van der Waals surface area contributed by atoms with Gasteiger partial charge in [-0.3, -0.25) is 4.79 Å². The van der Waals surface area contributed by atoms with E-state index in [1.165, 1.54) is 12.8 Å². The lowest BCUT2D eigenvalue weighted by atomic mass is 9.19. The fourth-order valence-electron chi connectivity index (χ4n) is 15.9. The lowest BCUT2D eigenvalue weighted by molar-refractivity contribution is -0.379. The Morgan fingerprint density at radius 2 is 1.71 bits per heavy atom. The molecular weight excluding hydrogens is 524 g/mol. The van der Waals surface area contributed by atoms with Crippen LogP contribution in [0.25, 0.3) is 0 Å². The van der Waals surface area contributed by atoms with Crippen LogP contribution in [-0.2, 0) is 9.53 Å². The summed E-state index contributed by atoms with van der Waals surface area (Å²) in [5, 5.41) is 34.7.